The summed E-state index contributed by atoms with van der Waals surface area (Å²) in [6.45, 7) is 10.6. The van der Waals surface area contributed by atoms with Crippen LogP contribution in [-0.4, -0.2) is 28.1 Å². The van der Waals surface area contributed by atoms with Crippen LogP contribution in [0.3, 0.4) is 0 Å². The van der Waals surface area contributed by atoms with Gasteiger partial charge >= 0.3 is 0 Å². The maximum Gasteiger partial charge on any atom is 0.253 e. The Morgan fingerprint density at radius 1 is 1.06 bits per heavy atom. The first-order valence-electron chi connectivity index (χ1n) is 10.5. The second-order valence-electron chi connectivity index (χ2n) is 7.59. The number of para-hydroxylation sites is 1. The lowest BCUT2D eigenvalue weighted by Crippen LogP contribution is -2.24. The van der Waals surface area contributed by atoms with Crippen molar-refractivity contribution in [2.45, 2.75) is 27.3 Å². The maximum absolute atomic E-state index is 12.6. The summed E-state index contributed by atoms with van der Waals surface area (Å²) in [6, 6.07) is 15.3. The van der Waals surface area contributed by atoms with Gasteiger partial charge in [0.05, 0.1) is 23.5 Å². The molecule has 6 nitrogen and oxygen atoms in total. The molecule has 3 aromatic rings. The summed E-state index contributed by atoms with van der Waals surface area (Å²) in [5.41, 5.74) is 5.97. The van der Waals surface area contributed by atoms with Gasteiger partial charge in [-0.3, -0.25) is 14.3 Å². The minimum Gasteiger partial charge on any atom is -0.349 e. The average Bonchev–Trinajstić information content (AvgIpc) is 3.04. The molecule has 2 amide bonds. The number of benzene rings is 2. The fourth-order valence-electron chi connectivity index (χ4n) is 3.36. The fraction of sp³-hybridized carbons (Fsp3) is 0.192. The number of nitrogens with zero attached hydrogens (tertiary/aromatic N) is 2. The summed E-state index contributed by atoms with van der Waals surface area (Å²) < 4.78 is 1.94. The Kier molecular flexibility index (Phi) is 7.39. The highest BCUT2D eigenvalue weighted by molar-refractivity contribution is 6.07. The summed E-state index contributed by atoms with van der Waals surface area (Å²) in [5.74, 6) is -0.590. The van der Waals surface area contributed by atoms with E-state index in [1.807, 2.05) is 18.5 Å². The van der Waals surface area contributed by atoms with Crippen molar-refractivity contribution in [3.63, 3.8) is 0 Å². The van der Waals surface area contributed by atoms with Crippen molar-refractivity contribution < 1.29 is 9.59 Å². The molecule has 1 aromatic heterocycles. The summed E-state index contributed by atoms with van der Waals surface area (Å²) in [6.07, 6.45) is 4.83. The Hall–Kier alpha value is -3.93. The molecule has 0 fully saturated rings. The molecule has 1 heterocycles. The van der Waals surface area contributed by atoms with Crippen LogP contribution in [-0.2, 0) is 11.3 Å². The number of nitrogens with one attached hydrogen (secondary N) is 2. The molecule has 0 radical (unpaired) electrons. The summed E-state index contributed by atoms with van der Waals surface area (Å²) in [7, 11) is 0. The van der Waals surface area contributed by atoms with Crippen LogP contribution in [0.1, 0.15) is 38.4 Å². The van der Waals surface area contributed by atoms with Crippen LogP contribution in [0, 0.1) is 20.8 Å². The number of anilines is 1. The molecule has 0 aliphatic heterocycles. The van der Waals surface area contributed by atoms with Gasteiger partial charge in [-0.25, -0.2) is 0 Å². The van der Waals surface area contributed by atoms with Crippen molar-refractivity contribution in [3.8, 4) is 0 Å². The van der Waals surface area contributed by atoms with Gasteiger partial charge in [0, 0.05) is 23.9 Å². The zero-order valence-corrected chi connectivity index (χ0v) is 18.7. The molecule has 0 unspecified atom stereocenters. The normalized spacial score (nSPS) is 10.8. The second-order valence-corrected chi connectivity index (χ2v) is 7.59. The zero-order chi connectivity index (χ0) is 23.1. The average molecular weight is 429 g/mol. The first kappa shape index (κ1) is 22.7. The van der Waals surface area contributed by atoms with E-state index in [1.165, 1.54) is 17.2 Å². The predicted octanol–water partition coefficient (Wildman–Crippen LogP) is 4.42. The van der Waals surface area contributed by atoms with E-state index in [4.69, 9.17) is 0 Å². The highest BCUT2D eigenvalue weighted by Crippen LogP contribution is 2.18. The van der Waals surface area contributed by atoms with Crippen LogP contribution in [0.2, 0.25) is 0 Å². The Bertz CT molecular complexity index is 1160. The van der Waals surface area contributed by atoms with E-state index in [9.17, 15) is 9.59 Å². The fourth-order valence-corrected chi connectivity index (χ4v) is 3.36. The molecular formula is C26H28N4O2. The summed E-state index contributed by atoms with van der Waals surface area (Å²) in [4.78, 5) is 24.9. The number of aryl methyl sites for hydroxylation is 2. The Balaban J connectivity index is 1.72. The van der Waals surface area contributed by atoms with Crippen molar-refractivity contribution in [2.75, 3.05) is 11.9 Å². The molecule has 6 heteroatoms. The van der Waals surface area contributed by atoms with Gasteiger partial charge in [-0.05, 0) is 44.5 Å². The third-order valence-electron chi connectivity index (χ3n) is 5.13. The number of carbonyl (C=O) groups is 2. The molecule has 0 atom stereocenters. The van der Waals surface area contributed by atoms with Crippen LogP contribution in [0.5, 0.6) is 0 Å². The lowest BCUT2D eigenvalue weighted by Gasteiger charge is -2.09. The zero-order valence-electron chi connectivity index (χ0n) is 18.7. The molecule has 3 rings (SSSR count). The lowest BCUT2D eigenvalue weighted by molar-refractivity contribution is -0.111. The molecule has 0 aliphatic carbocycles. The van der Waals surface area contributed by atoms with E-state index >= 15 is 0 Å². The lowest BCUT2D eigenvalue weighted by atomic mass is 10.1. The first-order chi connectivity index (χ1) is 15.4. The van der Waals surface area contributed by atoms with Crippen molar-refractivity contribution in [1.29, 1.82) is 0 Å². The summed E-state index contributed by atoms with van der Waals surface area (Å²) >= 11 is 0. The molecule has 32 heavy (non-hydrogen) atoms. The number of amides is 2. The van der Waals surface area contributed by atoms with Crippen LogP contribution in [0.25, 0.3) is 6.08 Å². The van der Waals surface area contributed by atoms with Gasteiger partial charge in [-0.2, -0.15) is 5.10 Å². The molecule has 2 aromatic carbocycles. The van der Waals surface area contributed by atoms with Gasteiger partial charge in [0.15, 0.2) is 0 Å². The Labute approximate surface area is 188 Å². The van der Waals surface area contributed by atoms with E-state index in [0.29, 0.717) is 24.3 Å². The van der Waals surface area contributed by atoms with Crippen LogP contribution in [0.15, 0.2) is 67.3 Å². The van der Waals surface area contributed by atoms with Gasteiger partial charge in [-0.15, -0.1) is 6.58 Å². The SMILES string of the molecule is C=CCNC(=O)c1ccccc1NC(=O)/C=C/c1c(C)nn(Cc2ccc(C)cc2)c1C. The minimum absolute atomic E-state index is 0.270. The Morgan fingerprint density at radius 3 is 2.50 bits per heavy atom. The molecule has 164 valence electrons. The van der Waals surface area contributed by atoms with Crippen molar-refractivity contribution in [2.24, 2.45) is 0 Å². The Morgan fingerprint density at radius 2 is 1.78 bits per heavy atom. The van der Waals surface area contributed by atoms with E-state index in [2.05, 4.69) is 53.5 Å². The molecular weight excluding hydrogens is 400 g/mol. The van der Waals surface area contributed by atoms with Crippen LogP contribution >= 0.6 is 0 Å². The van der Waals surface area contributed by atoms with Crippen molar-refractivity contribution >= 4 is 23.6 Å². The van der Waals surface area contributed by atoms with Crippen molar-refractivity contribution in [1.82, 2.24) is 15.1 Å². The number of carbonyl (C=O) groups excluding carboxylic acids is 2. The number of aromatic nitrogens is 2. The van der Waals surface area contributed by atoms with Gasteiger partial charge in [0.25, 0.3) is 5.91 Å². The standard InChI is InChI=1S/C26H28N4O2/c1-5-16-27-26(32)23-8-6-7-9-24(23)28-25(31)15-14-22-19(3)29-30(20(22)4)17-21-12-10-18(2)11-13-21/h5-15H,1,16-17H2,2-4H3,(H,27,32)(H,28,31)/b15-14+. The third-order valence-corrected chi connectivity index (χ3v) is 5.13. The number of hydrogen-bond acceptors (Lipinski definition) is 3. The number of hydrogen-bond donors (Lipinski definition) is 2. The molecule has 0 saturated carbocycles. The molecule has 0 aliphatic rings. The minimum atomic E-state index is -0.320. The molecule has 2 N–H and O–H groups in total. The van der Waals surface area contributed by atoms with Gasteiger partial charge in [-0.1, -0.05) is 48.0 Å². The molecule has 0 spiro atoms. The molecule has 0 saturated heterocycles. The topological polar surface area (TPSA) is 76.0 Å². The second kappa shape index (κ2) is 10.4. The van der Waals surface area contributed by atoms with E-state index in [1.54, 1.807) is 36.4 Å². The highest BCUT2D eigenvalue weighted by Gasteiger charge is 2.13. The van der Waals surface area contributed by atoms with Gasteiger partial charge < -0.3 is 10.6 Å². The molecule has 0 bridgehead atoms. The van der Waals surface area contributed by atoms with Crippen LogP contribution < -0.4 is 10.6 Å². The first-order valence-corrected chi connectivity index (χ1v) is 10.5. The van der Waals surface area contributed by atoms with Gasteiger partial charge in [0.1, 0.15) is 0 Å². The smallest absolute Gasteiger partial charge is 0.253 e. The largest absolute Gasteiger partial charge is 0.349 e. The quantitative estimate of drug-likeness (QED) is 0.412. The summed E-state index contributed by atoms with van der Waals surface area (Å²) in [5, 5.41) is 10.1. The third kappa shape index (κ3) is 5.60. The predicted molar refractivity (Wildman–Crippen MR) is 129 cm³/mol. The van der Waals surface area contributed by atoms with E-state index < -0.39 is 0 Å². The van der Waals surface area contributed by atoms with Crippen molar-refractivity contribution in [3.05, 3.63) is 101 Å². The van der Waals surface area contributed by atoms with Gasteiger partial charge in [0.2, 0.25) is 5.91 Å². The maximum atomic E-state index is 12.6. The van der Waals surface area contributed by atoms with Crippen LogP contribution in [0.4, 0.5) is 5.69 Å². The van der Waals surface area contributed by atoms with E-state index in [0.717, 1.165) is 17.0 Å². The highest BCUT2D eigenvalue weighted by atomic mass is 16.2. The monoisotopic (exact) mass is 428 g/mol. The number of rotatable bonds is 8. The van der Waals surface area contributed by atoms with E-state index in [-0.39, 0.29) is 11.8 Å².